The molecule has 0 spiro atoms. The zero-order valence-corrected chi connectivity index (χ0v) is 13.1. The van der Waals surface area contributed by atoms with E-state index in [0.717, 1.165) is 0 Å². The number of rotatable bonds is 5. The van der Waals surface area contributed by atoms with Gasteiger partial charge < -0.3 is 19.5 Å². The van der Waals surface area contributed by atoms with Crippen LogP contribution in [0.15, 0.2) is 48.5 Å². The fourth-order valence-electron chi connectivity index (χ4n) is 2.65. The van der Waals surface area contributed by atoms with Gasteiger partial charge in [-0.1, -0.05) is 12.1 Å². The Kier molecular flexibility index (Phi) is 4.37. The lowest BCUT2D eigenvalue weighted by Gasteiger charge is -2.17. The minimum absolute atomic E-state index is 0.0365. The van der Waals surface area contributed by atoms with Gasteiger partial charge in [-0.2, -0.15) is 0 Å². The van der Waals surface area contributed by atoms with Gasteiger partial charge in [0.2, 0.25) is 5.91 Å². The first-order valence-corrected chi connectivity index (χ1v) is 7.52. The Labute approximate surface area is 139 Å². The molecule has 0 saturated carbocycles. The number of carboxylic acid groups (broad SMARTS) is 1. The van der Waals surface area contributed by atoms with Gasteiger partial charge in [0.05, 0.1) is 13.0 Å². The molecule has 1 fully saturated rings. The third kappa shape index (κ3) is 3.17. The maximum atomic E-state index is 12.0. The van der Waals surface area contributed by atoms with Crippen molar-refractivity contribution in [1.29, 1.82) is 0 Å². The molecule has 1 amide bonds. The first-order valence-electron chi connectivity index (χ1n) is 7.52. The van der Waals surface area contributed by atoms with Crippen molar-refractivity contribution < 1.29 is 24.2 Å². The molecule has 1 heterocycles. The van der Waals surface area contributed by atoms with Gasteiger partial charge in [0.25, 0.3) is 0 Å². The molecule has 1 aliphatic heterocycles. The molecule has 24 heavy (non-hydrogen) atoms. The molecular formula is C18H17NO5. The number of carbonyl (C=O) groups excluding carboxylic acids is 1. The van der Waals surface area contributed by atoms with E-state index in [9.17, 15) is 9.59 Å². The molecule has 0 unspecified atom stereocenters. The number of hydrogen-bond donors (Lipinski definition) is 1. The summed E-state index contributed by atoms with van der Waals surface area (Å²) in [6.07, 6.45) is 0.0365. The molecular weight excluding hydrogens is 310 g/mol. The van der Waals surface area contributed by atoms with Crippen molar-refractivity contribution in [3.05, 3.63) is 48.5 Å². The van der Waals surface area contributed by atoms with Gasteiger partial charge in [0.15, 0.2) is 11.5 Å². The van der Waals surface area contributed by atoms with Gasteiger partial charge >= 0.3 is 5.97 Å². The van der Waals surface area contributed by atoms with Crippen molar-refractivity contribution in [2.75, 3.05) is 18.6 Å². The Morgan fingerprint density at radius 2 is 1.79 bits per heavy atom. The van der Waals surface area contributed by atoms with E-state index in [1.165, 1.54) is 4.90 Å². The Bertz CT molecular complexity index is 756. The average Bonchev–Trinajstić information content (AvgIpc) is 2.98. The number of benzene rings is 2. The highest BCUT2D eigenvalue weighted by Gasteiger charge is 2.34. The molecule has 1 atom stereocenters. The topological polar surface area (TPSA) is 76.1 Å². The maximum absolute atomic E-state index is 12.0. The first-order chi connectivity index (χ1) is 11.6. The molecule has 2 aromatic rings. The number of hydrogen-bond acceptors (Lipinski definition) is 4. The summed E-state index contributed by atoms with van der Waals surface area (Å²) in [5.74, 6) is 0.0472. The van der Waals surface area contributed by atoms with Crippen LogP contribution in [-0.4, -0.2) is 30.6 Å². The van der Waals surface area contributed by atoms with Crippen LogP contribution in [0.1, 0.15) is 6.42 Å². The molecule has 124 valence electrons. The van der Waals surface area contributed by atoms with Gasteiger partial charge in [-0.3, -0.25) is 9.59 Å². The van der Waals surface area contributed by atoms with E-state index in [-0.39, 0.29) is 18.9 Å². The number of anilines is 1. The molecule has 0 aromatic heterocycles. The fraction of sp³-hybridized carbons (Fsp3) is 0.222. The second-order valence-corrected chi connectivity index (χ2v) is 5.49. The number of nitrogens with zero attached hydrogens (tertiary/aromatic N) is 1. The third-order valence-electron chi connectivity index (χ3n) is 3.92. The van der Waals surface area contributed by atoms with Crippen LogP contribution in [0.2, 0.25) is 0 Å². The Morgan fingerprint density at radius 1 is 1.12 bits per heavy atom. The molecule has 1 aliphatic rings. The zero-order valence-electron chi connectivity index (χ0n) is 13.1. The van der Waals surface area contributed by atoms with Crippen LogP contribution in [0.4, 0.5) is 5.69 Å². The second kappa shape index (κ2) is 6.62. The summed E-state index contributed by atoms with van der Waals surface area (Å²) in [6.45, 7) is 0.195. The summed E-state index contributed by atoms with van der Waals surface area (Å²) < 4.78 is 11.0. The number of aliphatic carboxylic acids is 1. The van der Waals surface area contributed by atoms with Crippen LogP contribution in [0, 0.1) is 5.92 Å². The number of amides is 1. The molecule has 0 radical (unpaired) electrons. The normalized spacial score (nSPS) is 17.0. The lowest BCUT2D eigenvalue weighted by molar-refractivity contribution is -0.141. The van der Waals surface area contributed by atoms with E-state index in [1.807, 2.05) is 12.1 Å². The van der Waals surface area contributed by atoms with Crippen molar-refractivity contribution in [2.24, 2.45) is 5.92 Å². The smallest absolute Gasteiger partial charge is 0.308 e. The summed E-state index contributed by atoms with van der Waals surface area (Å²) in [4.78, 5) is 24.5. The molecule has 6 heteroatoms. The summed E-state index contributed by atoms with van der Waals surface area (Å²) in [7, 11) is 1.57. The summed E-state index contributed by atoms with van der Waals surface area (Å²) in [5.41, 5.74) is 0.663. The molecule has 6 nitrogen and oxygen atoms in total. The molecule has 1 saturated heterocycles. The van der Waals surface area contributed by atoms with Crippen molar-refractivity contribution in [1.82, 2.24) is 0 Å². The van der Waals surface area contributed by atoms with Crippen LogP contribution in [-0.2, 0) is 9.59 Å². The molecule has 2 aromatic carbocycles. The van der Waals surface area contributed by atoms with E-state index < -0.39 is 11.9 Å². The van der Waals surface area contributed by atoms with Crippen molar-refractivity contribution in [2.45, 2.75) is 6.42 Å². The summed E-state index contributed by atoms with van der Waals surface area (Å²) >= 11 is 0. The van der Waals surface area contributed by atoms with Crippen LogP contribution >= 0.6 is 0 Å². The minimum Gasteiger partial charge on any atom is -0.493 e. The first kappa shape index (κ1) is 15.9. The average molecular weight is 327 g/mol. The number of carboxylic acids is 1. The molecule has 0 aliphatic carbocycles. The highest BCUT2D eigenvalue weighted by atomic mass is 16.5. The monoisotopic (exact) mass is 327 g/mol. The number of para-hydroxylation sites is 2. The van der Waals surface area contributed by atoms with Gasteiger partial charge in [0.1, 0.15) is 5.75 Å². The number of methoxy groups -OCH3 is 1. The van der Waals surface area contributed by atoms with E-state index in [4.69, 9.17) is 14.6 Å². The zero-order chi connectivity index (χ0) is 17.1. The highest BCUT2D eigenvalue weighted by molar-refractivity contribution is 5.99. The SMILES string of the molecule is COc1ccccc1Oc1ccc(N2C[C@@H](C(=O)O)CC2=O)cc1. The van der Waals surface area contributed by atoms with Gasteiger partial charge in [-0.05, 0) is 36.4 Å². The van der Waals surface area contributed by atoms with Crippen molar-refractivity contribution in [3.63, 3.8) is 0 Å². The molecule has 3 rings (SSSR count). The van der Waals surface area contributed by atoms with E-state index in [1.54, 1.807) is 43.5 Å². The molecule has 1 N–H and O–H groups in total. The Hall–Kier alpha value is -3.02. The lowest BCUT2D eigenvalue weighted by atomic mass is 10.1. The lowest BCUT2D eigenvalue weighted by Crippen LogP contribution is -2.25. The van der Waals surface area contributed by atoms with E-state index >= 15 is 0 Å². The Morgan fingerprint density at radius 3 is 2.38 bits per heavy atom. The van der Waals surface area contributed by atoms with Gasteiger partial charge in [0, 0.05) is 18.7 Å². The summed E-state index contributed by atoms with van der Waals surface area (Å²) in [6, 6.07) is 14.3. The van der Waals surface area contributed by atoms with E-state index in [2.05, 4.69) is 0 Å². The molecule has 0 bridgehead atoms. The predicted octanol–water partition coefficient (Wildman–Crippen LogP) is 2.93. The Balaban J connectivity index is 1.74. The van der Waals surface area contributed by atoms with Crippen LogP contribution in [0.25, 0.3) is 0 Å². The quantitative estimate of drug-likeness (QED) is 0.914. The van der Waals surface area contributed by atoms with Gasteiger partial charge in [-0.15, -0.1) is 0 Å². The highest BCUT2D eigenvalue weighted by Crippen LogP contribution is 2.32. The van der Waals surface area contributed by atoms with Gasteiger partial charge in [-0.25, -0.2) is 0 Å². The van der Waals surface area contributed by atoms with E-state index in [0.29, 0.717) is 22.9 Å². The largest absolute Gasteiger partial charge is 0.493 e. The predicted molar refractivity (Wildman–Crippen MR) is 87.6 cm³/mol. The third-order valence-corrected chi connectivity index (χ3v) is 3.92. The number of carbonyl (C=O) groups is 2. The van der Waals surface area contributed by atoms with Crippen LogP contribution in [0.5, 0.6) is 17.2 Å². The standard InChI is InChI=1S/C18H17NO5/c1-23-15-4-2-3-5-16(15)24-14-8-6-13(7-9-14)19-11-12(18(21)22)10-17(19)20/h2-9,12H,10-11H2,1H3,(H,21,22)/t12-/m0/s1. The maximum Gasteiger partial charge on any atom is 0.308 e. The summed E-state index contributed by atoms with van der Waals surface area (Å²) in [5, 5.41) is 9.04. The van der Waals surface area contributed by atoms with Crippen LogP contribution < -0.4 is 14.4 Å². The number of ether oxygens (including phenoxy) is 2. The fourth-order valence-corrected chi connectivity index (χ4v) is 2.65. The van der Waals surface area contributed by atoms with Crippen molar-refractivity contribution >= 4 is 17.6 Å². The van der Waals surface area contributed by atoms with Crippen LogP contribution in [0.3, 0.4) is 0 Å². The minimum atomic E-state index is -0.943. The van der Waals surface area contributed by atoms with Crippen molar-refractivity contribution in [3.8, 4) is 17.2 Å². The second-order valence-electron chi connectivity index (χ2n) is 5.49.